The monoisotopic (exact) mass is 461 g/mol. The van der Waals surface area contributed by atoms with Gasteiger partial charge in [0.15, 0.2) is 5.76 Å². The quantitative estimate of drug-likeness (QED) is 0.296. The van der Waals surface area contributed by atoms with E-state index in [9.17, 15) is 14.0 Å². The number of rotatable bonds is 5. The number of carbonyl (C=O) groups is 2. The maximum Gasteiger partial charge on any atom is 0.230 e. The van der Waals surface area contributed by atoms with Crippen molar-refractivity contribution < 1.29 is 22.8 Å². The predicted octanol–water partition coefficient (Wildman–Crippen LogP) is 6.69. The first-order chi connectivity index (χ1) is 15.9. The summed E-state index contributed by atoms with van der Waals surface area (Å²) < 4.78 is 25.4. The predicted molar refractivity (Wildman–Crippen MR) is 124 cm³/mol. The van der Waals surface area contributed by atoms with Crippen molar-refractivity contribution in [3.8, 4) is 0 Å². The largest absolute Gasteiger partial charge is 0.464 e. The normalized spacial score (nSPS) is 11.2. The first-order valence-electron chi connectivity index (χ1n) is 10.2. The van der Waals surface area contributed by atoms with Gasteiger partial charge in [-0.25, -0.2) is 4.39 Å². The lowest BCUT2D eigenvalue weighted by Gasteiger charge is -2.06. The summed E-state index contributed by atoms with van der Waals surface area (Å²) in [6, 6.07) is 16.4. The van der Waals surface area contributed by atoms with E-state index in [4.69, 9.17) is 20.4 Å². The van der Waals surface area contributed by atoms with Gasteiger partial charge in [0.1, 0.15) is 17.0 Å². The number of halogens is 2. The van der Waals surface area contributed by atoms with E-state index < -0.39 is 11.6 Å². The first-order valence-corrected chi connectivity index (χ1v) is 10.6. The van der Waals surface area contributed by atoms with Gasteiger partial charge in [-0.2, -0.15) is 0 Å². The van der Waals surface area contributed by atoms with Crippen molar-refractivity contribution in [3.63, 3.8) is 0 Å². The minimum absolute atomic E-state index is 0.000358. The summed E-state index contributed by atoms with van der Waals surface area (Å²) in [5, 5.41) is 4.65. The number of fused-ring (bicyclic) bond motifs is 2. The van der Waals surface area contributed by atoms with Crippen LogP contribution in [-0.2, 0) is 11.2 Å². The van der Waals surface area contributed by atoms with Crippen LogP contribution in [-0.4, -0.2) is 11.7 Å². The number of anilines is 1. The molecule has 1 amide bonds. The number of benzene rings is 3. The van der Waals surface area contributed by atoms with E-state index in [1.165, 1.54) is 18.4 Å². The lowest BCUT2D eigenvalue weighted by atomic mass is 10.0. The molecule has 0 saturated heterocycles. The Bertz CT molecular complexity index is 1550. The first kappa shape index (κ1) is 21.0. The van der Waals surface area contributed by atoms with Crippen molar-refractivity contribution >= 4 is 50.9 Å². The van der Waals surface area contributed by atoms with Crippen molar-refractivity contribution in [2.24, 2.45) is 0 Å². The van der Waals surface area contributed by atoms with Crippen LogP contribution >= 0.6 is 11.6 Å². The summed E-state index contributed by atoms with van der Waals surface area (Å²) in [5.74, 6) is -1.45. The highest BCUT2D eigenvalue weighted by Crippen LogP contribution is 2.33. The molecule has 0 spiro atoms. The Morgan fingerprint density at radius 1 is 1.00 bits per heavy atom. The smallest absolute Gasteiger partial charge is 0.230 e. The van der Waals surface area contributed by atoms with Crippen LogP contribution in [0.2, 0.25) is 5.02 Å². The number of para-hydroxylation sites is 1. The van der Waals surface area contributed by atoms with Crippen LogP contribution in [0.5, 0.6) is 0 Å². The summed E-state index contributed by atoms with van der Waals surface area (Å²) >= 11 is 6.08. The minimum Gasteiger partial charge on any atom is -0.464 e. The molecule has 1 N–H and O–H groups in total. The van der Waals surface area contributed by atoms with Gasteiger partial charge < -0.3 is 14.2 Å². The molecule has 0 radical (unpaired) electrons. The van der Waals surface area contributed by atoms with Crippen molar-refractivity contribution in [2.45, 2.75) is 13.3 Å². The van der Waals surface area contributed by atoms with Gasteiger partial charge in [0, 0.05) is 26.9 Å². The fraction of sp³-hybridized carbons (Fsp3) is 0.0769. The van der Waals surface area contributed by atoms with Crippen LogP contribution in [0.15, 0.2) is 75.8 Å². The number of hydrogen-bond acceptors (Lipinski definition) is 4. The average molecular weight is 462 g/mol. The van der Waals surface area contributed by atoms with Crippen molar-refractivity contribution in [3.05, 3.63) is 100 Å². The van der Waals surface area contributed by atoms with Gasteiger partial charge in [-0.15, -0.1) is 0 Å². The molecule has 5 nitrogen and oxygen atoms in total. The highest BCUT2D eigenvalue weighted by Gasteiger charge is 2.24. The van der Waals surface area contributed by atoms with Gasteiger partial charge in [-0.05, 0) is 48.9 Å². The van der Waals surface area contributed by atoms with Crippen LogP contribution < -0.4 is 5.32 Å². The Balaban J connectivity index is 1.50. The standard InChI is InChI=1S/C26H17ClFNO4/c1-14-6-7-15(10-20(14)28)25(31)26-24(18-4-2-3-5-22(18)33-26)29-23(30)11-16-13-32-21-9-8-17(27)12-19(16)21/h2-10,12-13H,11H2,1H3,(H,29,30). The van der Waals surface area contributed by atoms with E-state index >= 15 is 0 Å². The van der Waals surface area contributed by atoms with Gasteiger partial charge in [0.2, 0.25) is 11.7 Å². The molecule has 2 heterocycles. The second-order valence-corrected chi connectivity index (χ2v) is 8.16. The summed E-state index contributed by atoms with van der Waals surface area (Å²) in [4.78, 5) is 26.1. The van der Waals surface area contributed by atoms with Gasteiger partial charge >= 0.3 is 0 Å². The summed E-state index contributed by atoms with van der Waals surface area (Å²) in [6.07, 6.45) is 1.51. The molecule has 0 aliphatic rings. The average Bonchev–Trinajstić information content (AvgIpc) is 3.36. The van der Waals surface area contributed by atoms with Crippen LogP contribution in [0.1, 0.15) is 27.2 Å². The van der Waals surface area contributed by atoms with Crippen molar-refractivity contribution in [2.75, 3.05) is 5.32 Å². The molecule has 164 valence electrons. The third-order valence-electron chi connectivity index (χ3n) is 5.47. The molecule has 0 saturated carbocycles. The molecule has 0 bridgehead atoms. The van der Waals surface area contributed by atoms with Gasteiger partial charge in [0.25, 0.3) is 0 Å². The number of amides is 1. The van der Waals surface area contributed by atoms with Crippen LogP contribution in [0.4, 0.5) is 10.1 Å². The Hall–Kier alpha value is -3.90. The van der Waals surface area contributed by atoms with Crippen LogP contribution in [0, 0.1) is 12.7 Å². The van der Waals surface area contributed by atoms with Crippen molar-refractivity contribution in [1.29, 1.82) is 0 Å². The second-order valence-electron chi connectivity index (χ2n) is 7.72. The van der Waals surface area contributed by atoms with Gasteiger partial charge in [0.05, 0.1) is 18.4 Å². The SMILES string of the molecule is Cc1ccc(C(=O)c2oc3ccccc3c2NC(=O)Cc2coc3ccc(Cl)cc23)cc1F. The lowest BCUT2D eigenvalue weighted by molar-refractivity contribution is -0.115. The number of furan rings is 2. The molecule has 5 rings (SSSR count). The van der Waals surface area contributed by atoms with Crippen LogP contribution in [0.25, 0.3) is 21.9 Å². The Morgan fingerprint density at radius 3 is 2.64 bits per heavy atom. The highest BCUT2D eigenvalue weighted by atomic mass is 35.5. The van der Waals surface area contributed by atoms with E-state index in [1.54, 1.807) is 49.4 Å². The molecule has 0 atom stereocenters. The molecular formula is C26H17ClFNO4. The molecule has 33 heavy (non-hydrogen) atoms. The second kappa shape index (κ2) is 8.22. The lowest BCUT2D eigenvalue weighted by Crippen LogP contribution is -2.16. The Morgan fingerprint density at radius 2 is 1.82 bits per heavy atom. The van der Waals surface area contributed by atoms with E-state index in [0.717, 1.165) is 11.5 Å². The fourth-order valence-corrected chi connectivity index (χ4v) is 3.91. The molecule has 2 aromatic heterocycles. The molecule has 7 heteroatoms. The third-order valence-corrected chi connectivity index (χ3v) is 5.70. The minimum atomic E-state index is -0.527. The van der Waals surface area contributed by atoms with Crippen LogP contribution in [0.3, 0.4) is 0 Å². The maximum absolute atomic E-state index is 14.1. The van der Waals surface area contributed by atoms with E-state index in [0.29, 0.717) is 32.7 Å². The zero-order chi connectivity index (χ0) is 23.1. The molecule has 5 aromatic rings. The van der Waals surface area contributed by atoms with E-state index in [1.807, 2.05) is 0 Å². The zero-order valence-corrected chi connectivity index (χ0v) is 18.2. The summed E-state index contributed by atoms with van der Waals surface area (Å²) in [6.45, 7) is 1.61. The van der Waals surface area contributed by atoms with E-state index in [2.05, 4.69) is 5.32 Å². The molecule has 0 fully saturated rings. The molecule has 0 aliphatic heterocycles. The molecule has 3 aromatic carbocycles. The summed E-state index contributed by atoms with van der Waals surface area (Å²) in [5.41, 5.74) is 2.51. The number of ketones is 1. The van der Waals surface area contributed by atoms with Crippen molar-refractivity contribution in [1.82, 2.24) is 0 Å². The number of nitrogens with one attached hydrogen (secondary N) is 1. The van der Waals surface area contributed by atoms with E-state index in [-0.39, 0.29) is 29.3 Å². The number of carbonyl (C=O) groups excluding carboxylic acids is 2. The molecule has 0 unspecified atom stereocenters. The van der Waals surface area contributed by atoms with Gasteiger partial charge in [-0.1, -0.05) is 35.9 Å². The molecular weight excluding hydrogens is 445 g/mol. The number of hydrogen-bond donors (Lipinski definition) is 1. The maximum atomic E-state index is 14.1. The van der Waals surface area contributed by atoms with Gasteiger partial charge in [-0.3, -0.25) is 9.59 Å². The Labute approximate surface area is 192 Å². The molecule has 0 aliphatic carbocycles. The number of aryl methyl sites for hydroxylation is 1. The summed E-state index contributed by atoms with van der Waals surface area (Å²) in [7, 11) is 0. The third kappa shape index (κ3) is 3.90. The topological polar surface area (TPSA) is 72.5 Å². The zero-order valence-electron chi connectivity index (χ0n) is 17.4. The Kier molecular flexibility index (Phi) is 5.23. The highest BCUT2D eigenvalue weighted by molar-refractivity contribution is 6.31. The fourth-order valence-electron chi connectivity index (χ4n) is 3.74.